The molecule has 0 aliphatic carbocycles. The first kappa shape index (κ1) is 36.3. The lowest BCUT2D eigenvalue weighted by Gasteiger charge is -2.39. The average molecular weight is 749 g/mol. The second-order valence-electron chi connectivity index (χ2n) is 15.3. The van der Waals surface area contributed by atoms with Crippen LogP contribution in [0.15, 0.2) is 74.1 Å². The predicted molar refractivity (Wildman–Crippen MR) is 205 cm³/mol. The molecule has 1 aromatic carbocycles. The minimum absolute atomic E-state index is 0.0144. The summed E-state index contributed by atoms with van der Waals surface area (Å²) < 4.78 is 24.4. The Kier molecular flexibility index (Phi) is 9.13. The second-order valence-corrected chi connectivity index (χ2v) is 15.3. The number of carbonyl (C=O) groups is 1. The normalized spacial score (nSPS) is 21.9. The van der Waals surface area contributed by atoms with Gasteiger partial charge in [0, 0.05) is 60.8 Å². The summed E-state index contributed by atoms with van der Waals surface area (Å²) in [5.41, 5.74) is 15.9. The molecule has 55 heavy (non-hydrogen) atoms. The highest BCUT2D eigenvalue weighted by molar-refractivity contribution is 5.87. The Morgan fingerprint density at radius 1 is 1.09 bits per heavy atom. The third-order valence-electron chi connectivity index (χ3n) is 10.7. The van der Waals surface area contributed by atoms with E-state index in [1.807, 2.05) is 36.7 Å². The minimum atomic E-state index is -1.21. The summed E-state index contributed by atoms with van der Waals surface area (Å²) in [6.45, 7) is 6.56. The number of aryl methyl sites for hydroxylation is 2. The van der Waals surface area contributed by atoms with E-state index in [0.29, 0.717) is 73.1 Å². The number of hydrogen-bond donors (Lipinski definition) is 4. The number of aromatic hydroxyl groups is 1. The maximum absolute atomic E-state index is 14.1. The molecule has 0 amide bonds. The Labute approximate surface area is 317 Å². The smallest absolute Gasteiger partial charge is 0.341 e. The number of ether oxygens (including phenoxy) is 3. The first-order valence-corrected chi connectivity index (χ1v) is 18.5. The van der Waals surface area contributed by atoms with Crippen LogP contribution in [-0.4, -0.2) is 73.8 Å². The molecule has 0 spiro atoms. The van der Waals surface area contributed by atoms with Crippen molar-refractivity contribution in [2.24, 2.45) is 4.99 Å². The lowest BCUT2D eigenvalue weighted by atomic mass is 9.89. The van der Waals surface area contributed by atoms with Crippen LogP contribution in [0.2, 0.25) is 0 Å². The van der Waals surface area contributed by atoms with E-state index in [9.17, 15) is 19.8 Å². The average Bonchev–Trinajstić information content (AvgIpc) is 3.43. The van der Waals surface area contributed by atoms with Crippen molar-refractivity contribution in [2.45, 2.75) is 89.3 Å². The highest BCUT2D eigenvalue weighted by atomic mass is 16.7. The van der Waals surface area contributed by atoms with E-state index in [2.05, 4.69) is 19.9 Å². The zero-order chi connectivity index (χ0) is 38.6. The number of anilines is 2. The van der Waals surface area contributed by atoms with E-state index < -0.39 is 29.4 Å². The number of fused-ring (bicyclic) bond motifs is 3. The number of aliphatic hydroxyl groups is 1. The molecular formula is C41H44N6O8. The molecule has 3 aromatic heterocycles. The molecule has 4 aliphatic rings. The van der Waals surface area contributed by atoms with Gasteiger partial charge in [0.2, 0.25) is 0 Å². The van der Waals surface area contributed by atoms with Crippen molar-refractivity contribution in [3.05, 3.63) is 92.7 Å². The standard InChI is InChI=1S/C41H44N6O8/c1-22-12-30(49)37-32(52-22)18-31-27(38(37)50)17-34(40(2,3)54-31)53-39(51)41(9-4-5-11-48)33(55-41)7-6-23-13-28(46-35(42)14-23)25-15-26(45-36(43)16-25)20-47-19-24-8-10-44-29(24)21-47/h8,10,12-16,18,21,33-34,48,50H,4-7,9,11,17,19-20H2,1-3H3,(H2,42,46)(H2,43,45). The van der Waals surface area contributed by atoms with Gasteiger partial charge in [0.1, 0.15) is 51.6 Å². The summed E-state index contributed by atoms with van der Waals surface area (Å²) in [5, 5.41) is 20.8. The van der Waals surface area contributed by atoms with Crippen LogP contribution in [0.1, 0.15) is 62.1 Å². The Morgan fingerprint density at radius 3 is 2.71 bits per heavy atom. The summed E-state index contributed by atoms with van der Waals surface area (Å²) in [6.07, 6.45) is 7.16. The first-order chi connectivity index (χ1) is 26.3. The highest BCUT2D eigenvalue weighted by Gasteiger charge is 2.63. The molecule has 3 atom stereocenters. The Balaban J connectivity index is 0.976. The molecule has 14 heteroatoms. The number of rotatable bonds is 12. The van der Waals surface area contributed by atoms with Crippen molar-refractivity contribution < 1.29 is 33.6 Å². The molecule has 8 rings (SSSR count). The lowest BCUT2D eigenvalue weighted by Crippen LogP contribution is -2.50. The van der Waals surface area contributed by atoms with Gasteiger partial charge in [0.25, 0.3) is 0 Å². The molecule has 7 heterocycles. The van der Waals surface area contributed by atoms with Gasteiger partial charge in [-0.05, 0) is 88.8 Å². The van der Waals surface area contributed by atoms with E-state index in [-0.39, 0.29) is 35.2 Å². The van der Waals surface area contributed by atoms with Crippen LogP contribution in [-0.2, 0) is 33.7 Å². The van der Waals surface area contributed by atoms with Gasteiger partial charge in [-0.1, -0.05) is 0 Å². The number of nitrogens with two attached hydrogens (primary N) is 2. The monoisotopic (exact) mass is 748 g/mol. The topological polar surface area (TPSA) is 212 Å². The number of benzene rings is 1. The zero-order valence-electron chi connectivity index (χ0n) is 31.0. The number of epoxide rings is 1. The summed E-state index contributed by atoms with van der Waals surface area (Å²) in [6, 6.07) is 10.4. The van der Waals surface area contributed by atoms with Gasteiger partial charge in [-0.15, -0.1) is 0 Å². The molecule has 0 bridgehead atoms. The van der Waals surface area contributed by atoms with Crippen LogP contribution in [0.4, 0.5) is 11.6 Å². The van der Waals surface area contributed by atoms with Gasteiger partial charge in [-0.3, -0.25) is 9.79 Å². The number of phenols is 1. The lowest BCUT2D eigenvalue weighted by molar-refractivity contribution is -0.168. The number of aliphatic imine (C=N–C) groups is 1. The number of aliphatic hydroxyl groups excluding tert-OH is 1. The van der Waals surface area contributed by atoms with Crippen LogP contribution >= 0.6 is 0 Å². The Morgan fingerprint density at radius 2 is 1.91 bits per heavy atom. The third-order valence-corrected chi connectivity index (χ3v) is 10.7. The fraction of sp³-hybridized carbons (Fsp3) is 0.390. The molecule has 4 aliphatic heterocycles. The molecule has 3 unspecified atom stereocenters. The molecule has 4 aromatic rings. The number of esters is 1. The van der Waals surface area contributed by atoms with Crippen LogP contribution in [0, 0.1) is 6.92 Å². The van der Waals surface area contributed by atoms with Gasteiger partial charge < -0.3 is 45.2 Å². The van der Waals surface area contributed by atoms with Crippen LogP contribution < -0.4 is 21.6 Å². The number of nitrogen functional groups attached to an aromatic ring is 2. The van der Waals surface area contributed by atoms with E-state index in [4.69, 9.17) is 30.1 Å². The number of unbranched alkanes of at least 4 members (excludes halogenated alkanes) is 1. The molecule has 14 nitrogen and oxygen atoms in total. The maximum atomic E-state index is 14.1. The molecule has 6 N–H and O–H groups in total. The summed E-state index contributed by atoms with van der Waals surface area (Å²) >= 11 is 0. The van der Waals surface area contributed by atoms with Gasteiger partial charge in [0.15, 0.2) is 11.0 Å². The first-order valence-electron chi connectivity index (χ1n) is 18.5. The zero-order valence-corrected chi connectivity index (χ0v) is 31.0. The van der Waals surface area contributed by atoms with Gasteiger partial charge in [-0.25, -0.2) is 14.8 Å². The highest BCUT2D eigenvalue weighted by Crippen LogP contribution is 2.48. The van der Waals surface area contributed by atoms with Crippen molar-refractivity contribution in [3.63, 3.8) is 0 Å². The summed E-state index contributed by atoms with van der Waals surface area (Å²) in [4.78, 5) is 42.5. The maximum Gasteiger partial charge on any atom is 0.341 e. The molecular weight excluding hydrogens is 704 g/mol. The number of allylic oxidation sites excluding steroid dienone is 1. The van der Waals surface area contributed by atoms with Crippen LogP contribution in [0.25, 0.3) is 22.2 Å². The van der Waals surface area contributed by atoms with Gasteiger partial charge >= 0.3 is 5.97 Å². The van der Waals surface area contributed by atoms with Crippen molar-refractivity contribution in [1.82, 2.24) is 14.9 Å². The van der Waals surface area contributed by atoms with Crippen LogP contribution in [0.3, 0.4) is 0 Å². The predicted octanol–water partition coefficient (Wildman–Crippen LogP) is 4.65. The van der Waals surface area contributed by atoms with Crippen molar-refractivity contribution in [2.75, 3.05) is 24.6 Å². The van der Waals surface area contributed by atoms with E-state index in [1.54, 1.807) is 32.9 Å². The summed E-state index contributed by atoms with van der Waals surface area (Å²) in [7, 11) is 0. The number of pyridine rings is 2. The van der Waals surface area contributed by atoms with Crippen molar-refractivity contribution >= 4 is 34.8 Å². The number of carbonyl (C=O) groups excluding carboxylic acids is 1. The van der Waals surface area contributed by atoms with Crippen molar-refractivity contribution in [1.29, 1.82) is 0 Å². The SMILES string of the molecule is Cc1cc(=O)c2c(O)c3c(cc2o1)OC(C)(C)C(OC(=O)C1(CCCCO)OC1CCc1cc(N)nc(-c2cc(N)nc(CN4C=C5N=CC=C5C4)c2)c1)C3. The van der Waals surface area contributed by atoms with E-state index in [1.165, 1.54) is 11.6 Å². The van der Waals surface area contributed by atoms with Crippen LogP contribution in [0.5, 0.6) is 11.5 Å². The third kappa shape index (κ3) is 7.03. The van der Waals surface area contributed by atoms with Gasteiger partial charge in [-0.2, -0.15) is 0 Å². The van der Waals surface area contributed by atoms with E-state index >= 15 is 0 Å². The Hall–Kier alpha value is -5.73. The Bertz CT molecular complexity index is 2370. The second kappa shape index (κ2) is 13.8. The quantitative estimate of drug-likeness (QED) is 0.0884. The fourth-order valence-corrected chi connectivity index (χ4v) is 7.85. The molecule has 0 radical (unpaired) electrons. The fourth-order valence-electron chi connectivity index (χ4n) is 7.85. The number of phenolic OH excluding ortho intramolecular Hbond substituents is 1. The number of nitrogens with zero attached hydrogens (tertiary/aromatic N) is 4. The summed E-state index contributed by atoms with van der Waals surface area (Å²) in [5.74, 6) is 0.700. The van der Waals surface area contributed by atoms with E-state index in [0.717, 1.165) is 29.1 Å². The molecule has 1 fully saturated rings. The van der Waals surface area contributed by atoms with Crippen molar-refractivity contribution in [3.8, 4) is 22.8 Å². The van der Waals surface area contributed by atoms with Gasteiger partial charge in [0.05, 0.1) is 29.7 Å². The molecule has 0 saturated carbocycles. The number of hydrogen-bond acceptors (Lipinski definition) is 14. The molecule has 286 valence electrons. The molecule has 1 saturated heterocycles. The number of aromatic nitrogens is 2. The minimum Gasteiger partial charge on any atom is -0.507 e. The largest absolute Gasteiger partial charge is 0.507 e.